The Balaban J connectivity index is 1.99. The van der Waals surface area contributed by atoms with Gasteiger partial charge in [-0.3, -0.25) is 14.6 Å². The highest BCUT2D eigenvalue weighted by molar-refractivity contribution is 6.23. The van der Waals surface area contributed by atoms with Gasteiger partial charge in [0.15, 0.2) is 0 Å². The molecular formula is C17H25N6O3+. The maximum Gasteiger partial charge on any atom is 0.417 e. The van der Waals surface area contributed by atoms with Crippen molar-refractivity contribution in [1.82, 2.24) is 14.8 Å². The first-order valence-corrected chi connectivity index (χ1v) is 8.76. The minimum atomic E-state index is -0.636. The van der Waals surface area contributed by atoms with Gasteiger partial charge in [0.05, 0.1) is 12.3 Å². The number of amidine groups is 1. The highest BCUT2D eigenvalue weighted by atomic mass is 16.5. The first-order valence-electron chi connectivity index (χ1n) is 8.76. The second kappa shape index (κ2) is 6.99. The third-order valence-corrected chi connectivity index (χ3v) is 4.82. The number of hydrazone groups is 1. The maximum absolute atomic E-state index is 13.0. The molecule has 2 unspecified atom stereocenters. The molecule has 3 aliphatic heterocycles. The molecular weight excluding hydrogens is 336 g/mol. The van der Waals surface area contributed by atoms with E-state index >= 15 is 0 Å². The number of likely N-dealkylation sites (N-methyl/N-ethyl adjacent to an activating group) is 1. The predicted octanol–water partition coefficient (Wildman–Crippen LogP) is 0.332. The monoisotopic (exact) mass is 361 g/mol. The summed E-state index contributed by atoms with van der Waals surface area (Å²) in [5, 5.41) is 6.35. The number of hydrogen-bond acceptors (Lipinski definition) is 6. The van der Waals surface area contributed by atoms with Crippen molar-refractivity contribution in [3.8, 4) is 0 Å². The summed E-state index contributed by atoms with van der Waals surface area (Å²) in [5.74, 6) is 0.734. The standard InChI is InChI=1S/C17H25N6O3/c1-6-8-21-15(24)13-14(20(5)17(21)25)18-16-22(9-10-26-7-2)19-11(3)12(4)23(13)16/h6,12-13H,1,7-10H2,2-5H3/q+1. The van der Waals surface area contributed by atoms with E-state index < -0.39 is 12.1 Å². The molecule has 3 rings (SSSR count). The minimum Gasteiger partial charge on any atom is -0.378 e. The Morgan fingerprint density at radius 3 is 2.77 bits per heavy atom. The fourth-order valence-electron chi connectivity index (χ4n) is 3.32. The van der Waals surface area contributed by atoms with Crippen LogP contribution in [0.25, 0.3) is 0 Å². The fourth-order valence-corrected chi connectivity index (χ4v) is 3.32. The zero-order chi connectivity index (χ0) is 19.0. The molecule has 3 heterocycles. The number of guanidine groups is 1. The van der Waals surface area contributed by atoms with E-state index in [9.17, 15) is 9.59 Å². The van der Waals surface area contributed by atoms with Crippen molar-refractivity contribution in [2.24, 2.45) is 10.1 Å². The first kappa shape index (κ1) is 18.2. The van der Waals surface area contributed by atoms with Gasteiger partial charge in [-0.1, -0.05) is 11.1 Å². The average Bonchev–Trinajstić information content (AvgIpc) is 3.02. The molecule has 1 fully saturated rings. The summed E-state index contributed by atoms with van der Waals surface area (Å²) in [7, 11) is 1.64. The van der Waals surface area contributed by atoms with Crippen molar-refractivity contribution < 1.29 is 18.9 Å². The molecule has 0 aromatic rings. The summed E-state index contributed by atoms with van der Waals surface area (Å²) in [6.45, 7) is 11.3. The number of rotatable bonds is 6. The lowest BCUT2D eigenvalue weighted by Crippen LogP contribution is -2.64. The molecule has 0 aliphatic carbocycles. The van der Waals surface area contributed by atoms with Crippen LogP contribution in [0, 0.1) is 0 Å². The summed E-state index contributed by atoms with van der Waals surface area (Å²) >= 11 is 0. The predicted molar refractivity (Wildman–Crippen MR) is 97.3 cm³/mol. The lowest BCUT2D eigenvalue weighted by Gasteiger charge is -2.35. The molecule has 0 spiro atoms. The minimum absolute atomic E-state index is 0.101. The SMILES string of the molecule is C=CCN1C(=O)C2C(=NC3=[N+]2C(C)C(C)=NN3CCOCC)N(C)C1=O. The molecule has 3 aliphatic rings. The van der Waals surface area contributed by atoms with Gasteiger partial charge in [-0.05, 0) is 20.8 Å². The smallest absolute Gasteiger partial charge is 0.378 e. The number of ether oxygens (including phenoxy) is 1. The summed E-state index contributed by atoms with van der Waals surface area (Å²) < 4.78 is 7.37. The van der Waals surface area contributed by atoms with Crippen LogP contribution >= 0.6 is 0 Å². The number of urea groups is 1. The molecule has 140 valence electrons. The zero-order valence-electron chi connectivity index (χ0n) is 15.7. The Bertz CT molecular complexity index is 741. The van der Waals surface area contributed by atoms with Crippen molar-refractivity contribution >= 4 is 29.4 Å². The van der Waals surface area contributed by atoms with Gasteiger partial charge in [0.2, 0.25) is 11.9 Å². The van der Waals surface area contributed by atoms with Crippen LogP contribution in [0.5, 0.6) is 0 Å². The van der Waals surface area contributed by atoms with E-state index in [0.29, 0.717) is 31.6 Å². The topological polar surface area (TPSA) is 80.8 Å². The molecule has 9 heteroatoms. The van der Waals surface area contributed by atoms with Crippen LogP contribution in [0.4, 0.5) is 4.79 Å². The Hall–Kier alpha value is -2.55. The van der Waals surface area contributed by atoms with Crippen LogP contribution in [0.15, 0.2) is 22.7 Å². The van der Waals surface area contributed by atoms with Crippen LogP contribution in [0.2, 0.25) is 0 Å². The average molecular weight is 361 g/mol. The van der Waals surface area contributed by atoms with Gasteiger partial charge in [-0.25, -0.2) is 9.37 Å². The van der Waals surface area contributed by atoms with E-state index in [4.69, 9.17) is 4.74 Å². The Labute approximate surface area is 152 Å². The van der Waals surface area contributed by atoms with E-state index in [2.05, 4.69) is 16.7 Å². The molecule has 0 radical (unpaired) electrons. The van der Waals surface area contributed by atoms with E-state index in [1.807, 2.05) is 25.3 Å². The van der Waals surface area contributed by atoms with Crippen LogP contribution in [-0.4, -0.2) is 94.3 Å². The number of carbonyl (C=O) groups is 2. The number of amides is 3. The number of imide groups is 1. The molecule has 0 bridgehead atoms. The van der Waals surface area contributed by atoms with Crippen LogP contribution in [0.1, 0.15) is 20.8 Å². The van der Waals surface area contributed by atoms with Gasteiger partial charge >= 0.3 is 12.0 Å². The highest BCUT2D eigenvalue weighted by Gasteiger charge is 2.55. The highest BCUT2D eigenvalue weighted by Crippen LogP contribution is 2.25. The van der Waals surface area contributed by atoms with Crippen LogP contribution < -0.4 is 0 Å². The third-order valence-electron chi connectivity index (χ3n) is 4.82. The second-order valence-electron chi connectivity index (χ2n) is 6.40. The Morgan fingerprint density at radius 2 is 2.12 bits per heavy atom. The van der Waals surface area contributed by atoms with Gasteiger partial charge in [-0.2, -0.15) is 0 Å². The van der Waals surface area contributed by atoms with E-state index in [1.54, 1.807) is 18.1 Å². The van der Waals surface area contributed by atoms with E-state index in [-0.39, 0.29) is 18.5 Å². The largest absolute Gasteiger partial charge is 0.417 e. The third kappa shape index (κ3) is 2.72. The van der Waals surface area contributed by atoms with E-state index in [0.717, 1.165) is 5.71 Å². The molecule has 0 aromatic carbocycles. The molecule has 1 saturated heterocycles. The Kier molecular flexibility index (Phi) is 4.90. The lowest BCUT2D eigenvalue weighted by molar-refractivity contribution is -0.559. The Morgan fingerprint density at radius 1 is 1.38 bits per heavy atom. The van der Waals surface area contributed by atoms with Crippen molar-refractivity contribution in [1.29, 1.82) is 0 Å². The van der Waals surface area contributed by atoms with Gasteiger partial charge in [0.25, 0.3) is 5.91 Å². The molecule has 9 nitrogen and oxygen atoms in total. The van der Waals surface area contributed by atoms with Crippen molar-refractivity contribution in [3.63, 3.8) is 0 Å². The molecule has 26 heavy (non-hydrogen) atoms. The fraction of sp³-hybridized carbons (Fsp3) is 0.588. The quantitative estimate of drug-likeness (QED) is 0.388. The van der Waals surface area contributed by atoms with Crippen LogP contribution in [0.3, 0.4) is 0 Å². The van der Waals surface area contributed by atoms with E-state index in [1.165, 1.54) is 9.80 Å². The first-order chi connectivity index (χ1) is 12.4. The second-order valence-corrected chi connectivity index (χ2v) is 6.40. The van der Waals surface area contributed by atoms with Gasteiger partial charge in [0, 0.05) is 20.2 Å². The van der Waals surface area contributed by atoms with Gasteiger partial charge < -0.3 is 4.74 Å². The summed E-state index contributed by atoms with van der Waals surface area (Å²) in [5.41, 5.74) is 0.879. The molecule has 3 amide bonds. The van der Waals surface area contributed by atoms with Gasteiger partial charge in [-0.15, -0.1) is 16.7 Å². The lowest BCUT2D eigenvalue weighted by atomic mass is 10.1. The summed E-state index contributed by atoms with van der Waals surface area (Å²) in [4.78, 5) is 32.8. The summed E-state index contributed by atoms with van der Waals surface area (Å²) in [6.07, 6.45) is 1.55. The van der Waals surface area contributed by atoms with Gasteiger partial charge in [0.1, 0.15) is 12.6 Å². The molecule has 0 aromatic heterocycles. The van der Waals surface area contributed by atoms with Crippen molar-refractivity contribution in [3.05, 3.63) is 12.7 Å². The normalized spacial score (nSPS) is 25.3. The molecule has 0 N–H and O–H groups in total. The number of nitrogens with zero attached hydrogens (tertiary/aromatic N) is 6. The molecule has 0 saturated carbocycles. The number of carbonyl (C=O) groups excluding carboxylic acids is 2. The zero-order valence-corrected chi connectivity index (χ0v) is 15.7. The summed E-state index contributed by atoms with van der Waals surface area (Å²) in [6, 6.07) is -1.13. The van der Waals surface area contributed by atoms with Crippen molar-refractivity contribution in [2.45, 2.75) is 32.9 Å². The maximum atomic E-state index is 13.0. The number of fused-ring (bicyclic) bond motifs is 2. The molecule has 2 atom stereocenters. The van der Waals surface area contributed by atoms with Crippen molar-refractivity contribution in [2.75, 3.05) is 33.4 Å². The van der Waals surface area contributed by atoms with Crippen LogP contribution in [-0.2, 0) is 9.53 Å². The number of aliphatic imine (C=N–C) groups is 1. The number of hydrogen-bond donors (Lipinski definition) is 0.